The largest absolute Gasteiger partial charge is 0.0654 e. The van der Waals surface area contributed by atoms with Crippen molar-refractivity contribution in [3.05, 3.63) is 0 Å². The molecule has 0 amide bonds. The molecule has 1 atom stereocenters. The maximum Gasteiger partial charge on any atom is -0.0386 e. The van der Waals surface area contributed by atoms with Crippen LogP contribution in [-0.2, 0) is 0 Å². The van der Waals surface area contributed by atoms with Gasteiger partial charge < -0.3 is 0 Å². The van der Waals surface area contributed by atoms with Gasteiger partial charge in [0.2, 0.25) is 0 Å². The Morgan fingerprint density at radius 2 is 0.643 bits per heavy atom. The van der Waals surface area contributed by atoms with Crippen molar-refractivity contribution in [2.45, 2.75) is 169 Å². The van der Waals surface area contributed by atoms with Gasteiger partial charge in [-0.2, -0.15) is 0 Å². The van der Waals surface area contributed by atoms with Crippen LogP contribution in [0.25, 0.3) is 0 Å². The first-order chi connectivity index (χ1) is 13.8. The lowest BCUT2D eigenvalue weighted by Crippen LogP contribution is -2.15. The van der Waals surface area contributed by atoms with Crippen molar-refractivity contribution in [1.82, 2.24) is 0 Å². The molecule has 0 heterocycles. The third-order valence-corrected chi connectivity index (χ3v) is 6.98. The van der Waals surface area contributed by atoms with E-state index in [-0.39, 0.29) is 0 Å². The second kappa shape index (κ2) is 23.3. The topological polar surface area (TPSA) is 0 Å². The van der Waals surface area contributed by atoms with Crippen LogP contribution < -0.4 is 0 Å². The summed E-state index contributed by atoms with van der Waals surface area (Å²) in [6, 6.07) is 0. The molecule has 0 heteroatoms. The molecule has 0 N–H and O–H groups in total. The van der Waals surface area contributed by atoms with Crippen LogP contribution in [0.3, 0.4) is 0 Å². The minimum Gasteiger partial charge on any atom is -0.0654 e. The highest BCUT2D eigenvalue weighted by Crippen LogP contribution is 2.31. The summed E-state index contributed by atoms with van der Waals surface area (Å²) in [5.41, 5.74) is 0. The number of hydrogen-bond donors (Lipinski definition) is 0. The fourth-order valence-electron chi connectivity index (χ4n) is 4.94. The molecule has 0 rings (SSSR count). The number of rotatable bonds is 23. The summed E-state index contributed by atoms with van der Waals surface area (Å²) >= 11 is 0. The van der Waals surface area contributed by atoms with E-state index in [2.05, 4.69) is 27.7 Å². The Balaban J connectivity index is 4.00. The van der Waals surface area contributed by atoms with Crippen molar-refractivity contribution >= 4 is 0 Å². The molecule has 28 heavy (non-hydrogen) atoms. The van der Waals surface area contributed by atoms with Gasteiger partial charge in [0.05, 0.1) is 0 Å². The fourth-order valence-corrected chi connectivity index (χ4v) is 4.94. The average Bonchev–Trinajstić information content (AvgIpc) is 2.71. The maximum atomic E-state index is 2.45. The summed E-state index contributed by atoms with van der Waals surface area (Å²) in [6.07, 6.45) is 32.2. The Hall–Kier alpha value is 0. The van der Waals surface area contributed by atoms with E-state index in [9.17, 15) is 0 Å². The smallest absolute Gasteiger partial charge is 0.0386 e. The van der Waals surface area contributed by atoms with E-state index in [1.54, 1.807) is 0 Å². The highest BCUT2D eigenvalue weighted by atomic mass is 14.2. The quantitative estimate of drug-likeness (QED) is 0.151. The third-order valence-electron chi connectivity index (χ3n) is 6.98. The molecule has 0 radical (unpaired) electrons. The van der Waals surface area contributed by atoms with E-state index in [0.717, 1.165) is 11.8 Å². The van der Waals surface area contributed by atoms with E-state index >= 15 is 0 Å². The van der Waals surface area contributed by atoms with Gasteiger partial charge in [0.15, 0.2) is 0 Å². The minimum atomic E-state index is 1.01. The van der Waals surface area contributed by atoms with Gasteiger partial charge in [-0.25, -0.2) is 0 Å². The lowest BCUT2D eigenvalue weighted by atomic mass is 9.79. The number of unbranched alkanes of at least 4 members (excludes halogenated alkanes) is 15. The van der Waals surface area contributed by atoms with Crippen LogP contribution >= 0.6 is 0 Å². The van der Waals surface area contributed by atoms with E-state index in [1.807, 2.05) is 0 Å². The average molecular weight is 395 g/mol. The van der Waals surface area contributed by atoms with Crippen LogP contribution in [0.4, 0.5) is 0 Å². The molecule has 0 aromatic heterocycles. The first-order valence-corrected chi connectivity index (χ1v) is 13.8. The van der Waals surface area contributed by atoms with Crippen LogP contribution in [0.15, 0.2) is 0 Å². The summed E-state index contributed by atoms with van der Waals surface area (Å²) in [5, 5.41) is 0. The molecule has 0 saturated heterocycles. The molecule has 0 spiro atoms. The van der Waals surface area contributed by atoms with Gasteiger partial charge in [-0.05, 0) is 11.8 Å². The molecule has 1 unspecified atom stereocenters. The molecule has 0 aliphatic rings. The summed E-state index contributed by atoms with van der Waals surface area (Å²) in [5.74, 6) is 2.03. The van der Waals surface area contributed by atoms with E-state index in [0.29, 0.717) is 0 Å². The minimum absolute atomic E-state index is 1.01. The zero-order valence-electron chi connectivity index (χ0n) is 20.7. The molecule has 0 aliphatic heterocycles. The van der Waals surface area contributed by atoms with E-state index in [1.165, 1.54) is 141 Å². The lowest BCUT2D eigenvalue weighted by molar-refractivity contribution is 0.250. The molecule has 0 nitrogen and oxygen atoms in total. The van der Waals surface area contributed by atoms with E-state index < -0.39 is 0 Å². The highest BCUT2D eigenvalue weighted by molar-refractivity contribution is 4.70. The molecular weight excluding hydrogens is 336 g/mol. The Morgan fingerprint density at radius 1 is 0.321 bits per heavy atom. The van der Waals surface area contributed by atoms with Crippen molar-refractivity contribution in [2.75, 3.05) is 0 Å². The lowest BCUT2D eigenvalue weighted by Gasteiger charge is -2.27. The summed E-state index contributed by atoms with van der Waals surface area (Å²) in [4.78, 5) is 0. The Morgan fingerprint density at radius 3 is 1.00 bits per heavy atom. The summed E-state index contributed by atoms with van der Waals surface area (Å²) in [6.45, 7) is 9.44. The van der Waals surface area contributed by atoms with Crippen LogP contribution in [0, 0.1) is 11.8 Å². The SMILES string of the molecule is CCCCCCCCCCC(CCCCCCCCCC)C(CC)CCCC. The second-order valence-electron chi connectivity index (χ2n) is 9.60. The molecule has 0 bridgehead atoms. The first-order valence-electron chi connectivity index (χ1n) is 13.8. The van der Waals surface area contributed by atoms with Crippen LogP contribution in [0.5, 0.6) is 0 Å². The molecule has 0 aromatic rings. The summed E-state index contributed by atoms with van der Waals surface area (Å²) < 4.78 is 0. The molecule has 170 valence electrons. The van der Waals surface area contributed by atoms with Gasteiger partial charge in [0, 0.05) is 0 Å². The van der Waals surface area contributed by atoms with Crippen molar-refractivity contribution in [3.63, 3.8) is 0 Å². The highest BCUT2D eigenvalue weighted by Gasteiger charge is 2.18. The van der Waals surface area contributed by atoms with Gasteiger partial charge in [0.25, 0.3) is 0 Å². The monoisotopic (exact) mass is 394 g/mol. The van der Waals surface area contributed by atoms with Gasteiger partial charge >= 0.3 is 0 Å². The Bertz CT molecular complexity index is 249. The van der Waals surface area contributed by atoms with Crippen molar-refractivity contribution in [2.24, 2.45) is 11.8 Å². The third kappa shape index (κ3) is 18.1. The van der Waals surface area contributed by atoms with Gasteiger partial charge in [-0.15, -0.1) is 0 Å². The number of hydrogen-bond acceptors (Lipinski definition) is 0. The van der Waals surface area contributed by atoms with Gasteiger partial charge in [0.1, 0.15) is 0 Å². The van der Waals surface area contributed by atoms with Crippen LogP contribution in [0.1, 0.15) is 169 Å². The second-order valence-corrected chi connectivity index (χ2v) is 9.60. The molecule has 0 aromatic carbocycles. The van der Waals surface area contributed by atoms with Gasteiger partial charge in [-0.1, -0.05) is 169 Å². The summed E-state index contributed by atoms with van der Waals surface area (Å²) in [7, 11) is 0. The van der Waals surface area contributed by atoms with Crippen LogP contribution in [-0.4, -0.2) is 0 Å². The predicted octanol–water partition coefficient (Wildman–Crippen LogP) is 10.9. The van der Waals surface area contributed by atoms with Crippen molar-refractivity contribution in [3.8, 4) is 0 Å². The molecular formula is C28H58. The molecule has 0 aliphatic carbocycles. The van der Waals surface area contributed by atoms with Crippen LogP contribution in [0.2, 0.25) is 0 Å². The van der Waals surface area contributed by atoms with Gasteiger partial charge in [-0.3, -0.25) is 0 Å². The van der Waals surface area contributed by atoms with Crippen molar-refractivity contribution < 1.29 is 0 Å². The van der Waals surface area contributed by atoms with Crippen molar-refractivity contribution in [1.29, 1.82) is 0 Å². The fraction of sp³-hybridized carbons (Fsp3) is 1.00. The zero-order chi connectivity index (χ0) is 20.7. The Labute approximate surface area is 181 Å². The first kappa shape index (κ1) is 28.0. The maximum absolute atomic E-state index is 2.45. The molecule has 0 saturated carbocycles. The van der Waals surface area contributed by atoms with E-state index in [4.69, 9.17) is 0 Å². The normalized spacial score (nSPS) is 12.8. The molecule has 0 fully saturated rings. The zero-order valence-corrected chi connectivity index (χ0v) is 20.7. The standard InChI is InChI=1S/C28H58/c1-5-9-12-14-16-18-20-22-25-28(27(8-4)24-11-7-3)26-23-21-19-17-15-13-10-6-2/h27-28H,5-26H2,1-4H3. The predicted molar refractivity (Wildman–Crippen MR) is 131 cm³/mol. The Kier molecular flexibility index (Phi) is 23.3.